The zero-order chi connectivity index (χ0) is 19.0. The number of benzene rings is 2. The first-order valence-corrected chi connectivity index (χ1v) is 9.17. The standard InChI is InChI=1S/C22H24N2O3/c1-14-7-8-19(27-3)21-18(14)13-16-9-10-24(22(16)23-21)20(25)12-15-5-4-6-17(11-15)26-2/h4-8,11,13,22-23H,9-10,12H2,1-3H3. The van der Waals surface area contributed by atoms with Gasteiger partial charge in [-0.25, -0.2) is 0 Å². The molecule has 1 atom stereocenters. The molecule has 1 unspecified atom stereocenters. The van der Waals surface area contributed by atoms with Crippen molar-refractivity contribution in [1.82, 2.24) is 4.90 Å². The SMILES string of the molecule is COc1cccc(CC(=O)N2CCC3=Cc4c(C)ccc(OC)c4NC32)c1. The van der Waals surface area contributed by atoms with Crippen LogP contribution in [-0.2, 0) is 11.2 Å². The largest absolute Gasteiger partial charge is 0.497 e. The van der Waals surface area contributed by atoms with Crippen LogP contribution in [0.3, 0.4) is 0 Å². The summed E-state index contributed by atoms with van der Waals surface area (Å²) in [6, 6.07) is 11.7. The number of hydrogen-bond acceptors (Lipinski definition) is 4. The predicted molar refractivity (Wildman–Crippen MR) is 106 cm³/mol. The Labute approximate surface area is 159 Å². The summed E-state index contributed by atoms with van der Waals surface area (Å²) in [5.74, 6) is 1.68. The van der Waals surface area contributed by atoms with Crippen LogP contribution in [-0.4, -0.2) is 37.7 Å². The van der Waals surface area contributed by atoms with Gasteiger partial charge in [-0.15, -0.1) is 0 Å². The summed E-state index contributed by atoms with van der Waals surface area (Å²) in [5, 5.41) is 3.55. The van der Waals surface area contributed by atoms with Crippen molar-refractivity contribution in [3.05, 3.63) is 58.7 Å². The molecule has 5 heteroatoms. The van der Waals surface area contributed by atoms with E-state index in [-0.39, 0.29) is 12.1 Å². The number of carbonyl (C=O) groups excluding carboxylic acids is 1. The fourth-order valence-electron chi connectivity index (χ4n) is 3.90. The molecule has 27 heavy (non-hydrogen) atoms. The number of carbonyl (C=O) groups is 1. The Morgan fingerprint density at radius 3 is 2.85 bits per heavy atom. The van der Waals surface area contributed by atoms with Crippen LogP contribution in [0.15, 0.2) is 42.0 Å². The van der Waals surface area contributed by atoms with E-state index in [1.165, 1.54) is 11.1 Å². The number of hydrogen-bond donors (Lipinski definition) is 1. The van der Waals surface area contributed by atoms with Crippen molar-refractivity contribution < 1.29 is 14.3 Å². The number of aryl methyl sites for hydroxylation is 1. The molecule has 2 aromatic rings. The van der Waals surface area contributed by atoms with Crippen molar-refractivity contribution in [1.29, 1.82) is 0 Å². The normalized spacial score (nSPS) is 17.5. The first-order valence-electron chi connectivity index (χ1n) is 9.17. The smallest absolute Gasteiger partial charge is 0.228 e. The summed E-state index contributed by atoms with van der Waals surface area (Å²) in [6.07, 6.45) is 3.36. The molecule has 0 radical (unpaired) electrons. The monoisotopic (exact) mass is 364 g/mol. The van der Waals surface area contributed by atoms with Gasteiger partial charge in [-0.1, -0.05) is 18.2 Å². The predicted octanol–water partition coefficient (Wildman–Crippen LogP) is 3.62. The number of amides is 1. The highest BCUT2D eigenvalue weighted by molar-refractivity contribution is 5.85. The van der Waals surface area contributed by atoms with Crippen molar-refractivity contribution in [2.75, 3.05) is 26.1 Å². The zero-order valence-electron chi connectivity index (χ0n) is 15.9. The maximum absolute atomic E-state index is 13.0. The first-order chi connectivity index (χ1) is 13.1. The van der Waals surface area contributed by atoms with Crippen molar-refractivity contribution in [2.45, 2.75) is 25.9 Å². The molecule has 0 bridgehead atoms. The van der Waals surface area contributed by atoms with Crippen LogP contribution >= 0.6 is 0 Å². The average molecular weight is 364 g/mol. The number of fused-ring (bicyclic) bond motifs is 2. The number of methoxy groups -OCH3 is 2. The number of rotatable bonds is 4. The van der Waals surface area contributed by atoms with Crippen LogP contribution in [0.1, 0.15) is 23.1 Å². The second-order valence-electron chi connectivity index (χ2n) is 7.00. The van der Waals surface area contributed by atoms with E-state index in [4.69, 9.17) is 9.47 Å². The first kappa shape index (κ1) is 17.5. The Morgan fingerprint density at radius 1 is 1.22 bits per heavy atom. The molecule has 0 aromatic heterocycles. The Hall–Kier alpha value is -2.95. The summed E-state index contributed by atoms with van der Waals surface area (Å²) in [7, 11) is 3.31. The number of likely N-dealkylation sites (tertiary alicyclic amines) is 1. The third-order valence-electron chi connectivity index (χ3n) is 5.37. The van der Waals surface area contributed by atoms with Crippen molar-refractivity contribution in [3.8, 4) is 11.5 Å². The van der Waals surface area contributed by atoms with Crippen LogP contribution in [0.4, 0.5) is 5.69 Å². The Bertz CT molecular complexity index is 920. The topological polar surface area (TPSA) is 50.8 Å². The highest BCUT2D eigenvalue weighted by Gasteiger charge is 2.36. The number of anilines is 1. The molecule has 0 aliphatic carbocycles. The molecule has 5 nitrogen and oxygen atoms in total. The van der Waals surface area contributed by atoms with Gasteiger partial charge in [-0.3, -0.25) is 4.79 Å². The highest BCUT2D eigenvalue weighted by atomic mass is 16.5. The van der Waals surface area contributed by atoms with Crippen LogP contribution in [0, 0.1) is 6.92 Å². The highest BCUT2D eigenvalue weighted by Crippen LogP contribution is 2.40. The molecule has 2 aromatic carbocycles. The van der Waals surface area contributed by atoms with Gasteiger partial charge >= 0.3 is 0 Å². The molecule has 2 heterocycles. The number of ether oxygens (including phenoxy) is 2. The lowest BCUT2D eigenvalue weighted by molar-refractivity contribution is -0.130. The van der Waals surface area contributed by atoms with Gasteiger partial charge in [0.25, 0.3) is 0 Å². The lowest BCUT2D eigenvalue weighted by Gasteiger charge is -2.32. The van der Waals surface area contributed by atoms with E-state index in [2.05, 4.69) is 24.4 Å². The van der Waals surface area contributed by atoms with Crippen LogP contribution in [0.5, 0.6) is 11.5 Å². The quantitative estimate of drug-likeness (QED) is 0.900. The maximum Gasteiger partial charge on any atom is 0.228 e. The van der Waals surface area contributed by atoms with Crippen LogP contribution in [0.2, 0.25) is 0 Å². The molecule has 4 rings (SSSR count). The van der Waals surface area contributed by atoms with Gasteiger partial charge in [0.1, 0.15) is 17.7 Å². The third kappa shape index (κ3) is 3.14. The Morgan fingerprint density at radius 2 is 2.07 bits per heavy atom. The van der Waals surface area contributed by atoms with Gasteiger partial charge in [-0.05, 0) is 54.3 Å². The Kier molecular flexibility index (Phi) is 4.52. The number of nitrogens with zero attached hydrogens (tertiary/aromatic N) is 1. The molecule has 1 N–H and O–H groups in total. The van der Waals surface area contributed by atoms with Crippen molar-refractivity contribution in [3.63, 3.8) is 0 Å². The molecule has 1 fully saturated rings. The molecule has 140 valence electrons. The van der Waals surface area contributed by atoms with Gasteiger partial charge < -0.3 is 19.7 Å². The lowest BCUT2D eigenvalue weighted by atomic mass is 9.97. The molecule has 2 aliphatic heterocycles. The lowest BCUT2D eigenvalue weighted by Crippen LogP contribution is -2.42. The van der Waals surface area contributed by atoms with Crippen molar-refractivity contribution >= 4 is 17.7 Å². The second kappa shape index (κ2) is 6.99. The Balaban J connectivity index is 1.58. The van der Waals surface area contributed by atoms with Gasteiger partial charge in [0.2, 0.25) is 5.91 Å². The maximum atomic E-state index is 13.0. The van der Waals surface area contributed by atoms with E-state index in [1.54, 1.807) is 14.2 Å². The van der Waals surface area contributed by atoms with E-state index in [1.807, 2.05) is 35.2 Å². The van der Waals surface area contributed by atoms with E-state index in [0.29, 0.717) is 6.42 Å². The third-order valence-corrected chi connectivity index (χ3v) is 5.37. The minimum absolute atomic E-state index is 0.105. The molecular formula is C22H24N2O3. The average Bonchev–Trinajstić information content (AvgIpc) is 3.10. The van der Waals surface area contributed by atoms with E-state index in [9.17, 15) is 4.79 Å². The zero-order valence-corrected chi connectivity index (χ0v) is 15.9. The minimum atomic E-state index is -0.105. The van der Waals surface area contributed by atoms with Gasteiger partial charge in [-0.2, -0.15) is 0 Å². The molecule has 0 spiro atoms. The summed E-state index contributed by atoms with van der Waals surface area (Å²) in [6.45, 7) is 2.82. The summed E-state index contributed by atoms with van der Waals surface area (Å²) in [5.41, 5.74) is 5.53. The van der Waals surface area contributed by atoms with Gasteiger partial charge in [0, 0.05) is 12.1 Å². The minimum Gasteiger partial charge on any atom is -0.497 e. The fourth-order valence-corrected chi connectivity index (χ4v) is 3.90. The molecule has 1 amide bonds. The van der Waals surface area contributed by atoms with Crippen molar-refractivity contribution in [2.24, 2.45) is 0 Å². The molecule has 1 saturated heterocycles. The van der Waals surface area contributed by atoms with Crippen LogP contribution < -0.4 is 14.8 Å². The van der Waals surface area contributed by atoms with E-state index >= 15 is 0 Å². The summed E-state index contributed by atoms with van der Waals surface area (Å²) >= 11 is 0. The molecule has 2 aliphatic rings. The van der Waals surface area contributed by atoms with Gasteiger partial charge in [0.15, 0.2) is 0 Å². The van der Waals surface area contributed by atoms with Crippen LogP contribution in [0.25, 0.3) is 6.08 Å². The summed E-state index contributed by atoms with van der Waals surface area (Å²) in [4.78, 5) is 14.9. The molecular weight excluding hydrogens is 340 g/mol. The van der Waals surface area contributed by atoms with E-state index < -0.39 is 0 Å². The summed E-state index contributed by atoms with van der Waals surface area (Å²) < 4.78 is 10.8. The number of nitrogens with one attached hydrogen (secondary N) is 1. The molecule has 0 saturated carbocycles. The van der Waals surface area contributed by atoms with Gasteiger partial charge in [0.05, 0.1) is 26.3 Å². The fraction of sp³-hybridized carbons (Fsp3) is 0.318. The van der Waals surface area contributed by atoms with E-state index in [0.717, 1.165) is 41.3 Å². The second-order valence-corrected chi connectivity index (χ2v) is 7.00.